The highest BCUT2D eigenvalue weighted by Gasteiger charge is 2.35. The van der Waals surface area contributed by atoms with E-state index in [2.05, 4.69) is 5.32 Å². The Morgan fingerprint density at radius 1 is 1.00 bits per heavy atom. The zero-order valence-electron chi connectivity index (χ0n) is 19.6. The first kappa shape index (κ1) is 25.1. The van der Waals surface area contributed by atoms with Crippen molar-refractivity contribution in [1.82, 2.24) is 15.1 Å². The number of nitrogens with one attached hydrogen (secondary N) is 1. The Hall–Kier alpha value is -3.55. The van der Waals surface area contributed by atoms with E-state index >= 15 is 0 Å². The Bertz CT molecular complexity index is 1040. The quantitative estimate of drug-likeness (QED) is 0.405. The van der Waals surface area contributed by atoms with Gasteiger partial charge in [0.1, 0.15) is 11.9 Å². The van der Waals surface area contributed by atoms with E-state index in [4.69, 9.17) is 0 Å². The van der Waals surface area contributed by atoms with Crippen LogP contribution in [-0.4, -0.2) is 52.6 Å². The molecule has 3 rings (SSSR count). The molecule has 2 aromatic carbocycles. The minimum Gasteiger partial charge on any atom is -0.354 e. The first-order valence-corrected chi connectivity index (χ1v) is 11.6. The first-order valence-electron chi connectivity index (χ1n) is 11.6. The van der Waals surface area contributed by atoms with Gasteiger partial charge in [0.25, 0.3) is 11.8 Å². The number of carbonyl (C=O) groups is 4. The number of hydrogen-bond donors (Lipinski definition) is 1. The molecule has 8 heteroatoms. The Balaban J connectivity index is 1.66. The summed E-state index contributed by atoms with van der Waals surface area (Å²) >= 11 is 0. The lowest BCUT2D eigenvalue weighted by Gasteiger charge is -2.29. The highest BCUT2D eigenvalue weighted by molar-refractivity contribution is 6.21. The molecule has 180 valence electrons. The fourth-order valence-electron chi connectivity index (χ4n) is 3.90. The van der Waals surface area contributed by atoms with Crippen molar-refractivity contribution in [1.29, 1.82) is 0 Å². The van der Waals surface area contributed by atoms with Gasteiger partial charge in [-0.2, -0.15) is 0 Å². The van der Waals surface area contributed by atoms with Gasteiger partial charge < -0.3 is 10.2 Å². The molecule has 1 aliphatic heterocycles. The van der Waals surface area contributed by atoms with Crippen molar-refractivity contribution in [3.05, 3.63) is 71.0 Å². The second-order valence-electron chi connectivity index (χ2n) is 8.34. The molecule has 0 radical (unpaired) electrons. The van der Waals surface area contributed by atoms with Crippen LogP contribution in [0.2, 0.25) is 0 Å². The summed E-state index contributed by atoms with van der Waals surface area (Å²) in [5.41, 5.74) is 1.03. The number of amides is 4. The third-order valence-electron chi connectivity index (χ3n) is 5.95. The molecule has 7 nitrogen and oxygen atoms in total. The number of benzene rings is 2. The highest BCUT2D eigenvalue weighted by Crippen LogP contribution is 2.23. The van der Waals surface area contributed by atoms with Crippen LogP contribution in [0.4, 0.5) is 4.39 Å². The molecule has 0 aromatic heterocycles. The molecule has 0 aliphatic carbocycles. The van der Waals surface area contributed by atoms with E-state index in [0.29, 0.717) is 23.2 Å². The van der Waals surface area contributed by atoms with Crippen LogP contribution >= 0.6 is 0 Å². The molecule has 0 fully saturated rings. The number of carbonyl (C=O) groups excluding carboxylic acids is 4. The largest absolute Gasteiger partial charge is 0.354 e. The normalized spacial score (nSPS) is 13.6. The van der Waals surface area contributed by atoms with E-state index in [0.717, 1.165) is 17.7 Å². The maximum Gasteiger partial charge on any atom is 0.261 e. The van der Waals surface area contributed by atoms with Gasteiger partial charge in [0.2, 0.25) is 11.8 Å². The summed E-state index contributed by atoms with van der Waals surface area (Å²) in [4.78, 5) is 53.3. The minimum atomic E-state index is -0.803. The highest BCUT2D eigenvalue weighted by atomic mass is 19.1. The lowest BCUT2D eigenvalue weighted by atomic mass is 10.1. The summed E-state index contributed by atoms with van der Waals surface area (Å²) in [5, 5.41) is 2.82. The molecule has 34 heavy (non-hydrogen) atoms. The first-order chi connectivity index (χ1) is 16.3. The van der Waals surface area contributed by atoms with Crippen LogP contribution in [0.3, 0.4) is 0 Å². The second kappa shape index (κ2) is 11.5. The number of imide groups is 1. The second-order valence-corrected chi connectivity index (χ2v) is 8.34. The fourth-order valence-corrected chi connectivity index (χ4v) is 3.90. The topological polar surface area (TPSA) is 86.8 Å². The van der Waals surface area contributed by atoms with Crippen LogP contribution in [0.25, 0.3) is 0 Å². The number of fused-ring (bicyclic) bond motifs is 1. The van der Waals surface area contributed by atoms with Gasteiger partial charge >= 0.3 is 0 Å². The van der Waals surface area contributed by atoms with Crippen molar-refractivity contribution in [3.8, 4) is 0 Å². The van der Waals surface area contributed by atoms with Crippen molar-refractivity contribution >= 4 is 23.6 Å². The number of hydrogen-bond acceptors (Lipinski definition) is 4. The van der Waals surface area contributed by atoms with Crippen LogP contribution < -0.4 is 5.32 Å². The van der Waals surface area contributed by atoms with Crippen LogP contribution in [0.5, 0.6) is 0 Å². The van der Waals surface area contributed by atoms with Crippen LogP contribution in [0.1, 0.15) is 65.8 Å². The number of unbranched alkanes of at least 4 members (excludes halogenated alkanes) is 1. The Kier molecular flexibility index (Phi) is 8.51. The molecular weight excluding hydrogens is 437 g/mol. The Morgan fingerprint density at radius 3 is 2.24 bits per heavy atom. The van der Waals surface area contributed by atoms with Gasteiger partial charge in [-0.15, -0.1) is 0 Å². The van der Waals surface area contributed by atoms with E-state index in [1.54, 1.807) is 49.4 Å². The van der Waals surface area contributed by atoms with Gasteiger partial charge in [0.15, 0.2) is 0 Å². The molecule has 0 saturated carbocycles. The Morgan fingerprint density at radius 2 is 1.62 bits per heavy atom. The third-order valence-corrected chi connectivity index (χ3v) is 5.95. The van der Waals surface area contributed by atoms with Gasteiger partial charge in [-0.25, -0.2) is 4.39 Å². The van der Waals surface area contributed by atoms with Crippen LogP contribution in [0.15, 0.2) is 48.5 Å². The lowest BCUT2D eigenvalue weighted by Crippen LogP contribution is -2.48. The average Bonchev–Trinajstić information content (AvgIpc) is 3.08. The molecule has 0 spiro atoms. The van der Waals surface area contributed by atoms with E-state index in [-0.39, 0.29) is 49.6 Å². The van der Waals surface area contributed by atoms with Crippen molar-refractivity contribution in [2.24, 2.45) is 0 Å². The molecule has 0 bridgehead atoms. The van der Waals surface area contributed by atoms with E-state index < -0.39 is 11.9 Å². The molecule has 1 heterocycles. The number of nitrogens with zero attached hydrogens (tertiary/aromatic N) is 2. The maximum atomic E-state index is 14.3. The predicted octanol–water partition coefficient (Wildman–Crippen LogP) is 3.54. The lowest BCUT2D eigenvalue weighted by molar-refractivity contribution is -0.140. The van der Waals surface area contributed by atoms with E-state index in [1.165, 1.54) is 11.0 Å². The van der Waals surface area contributed by atoms with Crippen LogP contribution in [-0.2, 0) is 16.1 Å². The summed E-state index contributed by atoms with van der Waals surface area (Å²) < 4.78 is 14.3. The van der Waals surface area contributed by atoms with Gasteiger partial charge in [-0.3, -0.25) is 24.1 Å². The third kappa shape index (κ3) is 5.68. The number of halogens is 1. The Labute approximate surface area is 198 Å². The maximum absolute atomic E-state index is 14.3. The van der Waals surface area contributed by atoms with Crippen molar-refractivity contribution in [2.75, 3.05) is 13.1 Å². The molecule has 1 aliphatic rings. The van der Waals surface area contributed by atoms with Crippen LogP contribution in [0, 0.1) is 5.82 Å². The molecule has 1 N–H and O–H groups in total. The molecule has 2 aromatic rings. The molecule has 1 unspecified atom stereocenters. The standard InChI is InChI=1S/C26H30FN3O4/c1-3-4-15-28-24(32)18(2)30(17-19-10-5-8-13-22(19)27)23(31)14-9-16-29-25(33)20-11-6-7-12-21(20)26(29)34/h5-8,10-13,18H,3-4,9,14-17H2,1-2H3,(H,28,32). The molecular formula is C26H30FN3O4. The monoisotopic (exact) mass is 467 g/mol. The van der Waals surface area contributed by atoms with Gasteiger partial charge in [0, 0.05) is 31.6 Å². The summed E-state index contributed by atoms with van der Waals surface area (Å²) in [5.74, 6) is -1.86. The van der Waals surface area contributed by atoms with Crippen molar-refractivity contribution in [3.63, 3.8) is 0 Å². The summed E-state index contributed by atoms with van der Waals surface area (Å²) in [6.45, 7) is 4.16. The van der Waals surface area contributed by atoms with Gasteiger partial charge in [-0.05, 0) is 38.0 Å². The SMILES string of the molecule is CCCCNC(=O)C(C)N(Cc1ccccc1F)C(=O)CCCN1C(=O)c2ccccc2C1=O. The molecule has 1 atom stereocenters. The average molecular weight is 468 g/mol. The smallest absolute Gasteiger partial charge is 0.261 e. The van der Waals surface area contributed by atoms with E-state index in [9.17, 15) is 23.6 Å². The van der Waals surface area contributed by atoms with Crippen molar-refractivity contribution < 1.29 is 23.6 Å². The molecule has 4 amide bonds. The molecule has 0 saturated heterocycles. The zero-order valence-corrected chi connectivity index (χ0v) is 19.6. The summed E-state index contributed by atoms with van der Waals surface area (Å²) in [6.07, 6.45) is 1.99. The fraction of sp³-hybridized carbons (Fsp3) is 0.385. The summed E-state index contributed by atoms with van der Waals surface area (Å²) in [6, 6.07) is 11.9. The van der Waals surface area contributed by atoms with Gasteiger partial charge in [-0.1, -0.05) is 43.7 Å². The number of rotatable bonds is 11. The predicted molar refractivity (Wildman–Crippen MR) is 125 cm³/mol. The van der Waals surface area contributed by atoms with Gasteiger partial charge in [0.05, 0.1) is 11.1 Å². The summed E-state index contributed by atoms with van der Waals surface area (Å²) in [7, 11) is 0. The van der Waals surface area contributed by atoms with Crippen molar-refractivity contribution in [2.45, 2.75) is 52.1 Å². The zero-order chi connectivity index (χ0) is 24.7. The van der Waals surface area contributed by atoms with E-state index in [1.807, 2.05) is 6.92 Å². The minimum absolute atomic E-state index is 0.00837.